The number of urea groups is 1. The number of thiazole rings is 1. The van der Waals surface area contributed by atoms with Crippen LogP contribution in [0.2, 0.25) is 0 Å². The van der Waals surface area contributed by atoms with E-state index in [4.69, 9.17) is 0 Å². The van der Waals surface area contributed by atoms with Crippen molar-refractivity contribution in [2.24, 2.45) is 0 Å². The molecule has 2 N–H and O–H groups in total. The number of nitrogens with one attached hydrogen (secondary N) is 2. The molecule has 144 valence electrons. The topological polar surface area (TPSA) is 74.3 Å². The second kappa shape index (κ2) is 9.35. The number of aryl methyl sites for hydroxylation is 2. The zero-order valence-corrected chi connectivity index (χ0v) is 16.4. The standard InChI is InChI=1S/C19H30N4O2S/c1-14-17(26-13-20-14)7-8-18(24)21-16-9-11-23(12-10-16)19(25)22-15-5-3-2-4-6-15/h13,15-16H,2-12H2,1H3,(H,21,24)(H,22,25). The van der Waals surface area contributed by atoms with Gasteiger partial charge < -0.3 is 15.5 Å². The molecule has 0 aromatic carbocycles. The number of nitrogens with zero attached hydrogens (tertiary/aromatic N) is 2. The van der Waals surface area contributed by atoms with Crippen LogP contribution in [0.1, 0.15) is 61.9 Å². The van der Waals surface area contributed by atoms with Crippen molar-refractivity contribution in [1.82, 2.24) is 20.5 Å². The number of carbonyl (C=O) groups excluding carboxylic acids is 2. The lowest BCUT2D eigenvalue weighted by Crippen LogP contribution is -2.51. The maximum absolute atomic E-state index is 12.4. The van der Waals surface area contributed by atoms with Crippen LogP contribution in [0.5, 0.6) is 0 Å². The van der Waals surface area contributed by atoms with E-state index in [0.29, 0.717) is 12.5 Å². The molecule has 3 amide bonds. The minimum atomic E-state index is 0.0716. The molecule has 0 unspecified atom stereocenters. The first-order valence-electron chi connectivity index (χ1n) is 9.85. The first-order valence-corrected chi connectivity index (χ1v) is 10.7. The Kier molecular flexibility index (Phi) is 6.88. The van der Waals surface area contributed by atoms with Crippen LogP contribution in [0.25, 0.3) is 0 Å². The Morgan fingerprint density at radius 1 is 1.12 bits per heavy atom. The van der Waals surface area contributed by atoms with Gasteiger partial charge in [-0.15, -0.1) is 11.3 Å². The Morgan fingerprint density at radius 3 is 2.46 bits per heavy atom. The maximum Gasteiger partial charge on any atom is 0.317 e. The summed E-state index contributed by atoms with van der Waals surface area (Å²) in [6.45, 7) is 3.42. The highest BCUT2D eigenvalue weighted by atomic mass is 32.1. The summed E-state index contributed by atoms with van der Waals surface area (Å²) in [6.07, 6.45) is 8.89. The molecule has 1 saturated heterocycles. The van der Waals surface area contributed by atoms with Crippen molar-refractivity contribution in [3.63, 3.8) is 0 Å². The summed E-state index contributed by atoms with van der Waals surface area (Å²) in [5.41, 5.74) is 2.86. The largest absolute Gasteiger partial charge is 0.353 e. The van der Waals surface area contributed by atoms with Gasteiger partial charge in [0.15, 0.2) is 0 Å². The number of hydrogen-bond acceptors (Lipinski definition) is 4. The van der Waals surface area contributed by atoms with E-state index >= 15 is 0 Å². The van der Waals surface area contributed by atoms with Gasteiger partial charge in [-0.3, -0.25) is 4.79 Å². The average molecular weight is 379 g/mol. The maximum atomic E-state index is 12.4. The van der Waals surface area contributed by atoms with Crippen molar-refractivity contribution in [2.75, 3.05) is 13.1 Å². The van der Waals surface area contributed by atoms with Crippen molar-refractivity contribution < 1.29 is 9.59 Å². The molecule has 2 aliphatic rings. The monoisotopic (exact) mass is 378 g/mol. The van der Waals surface area contributed by atoms with Gasteiger partial charge in [-0.05, 0) is 39.0 Å². The Labute approximate surface area is 159 Å². The van der Waals surface area contributed by atoms with Crippen LogP contribution in [-0.2, 0) is 11.2 Å². The first kappa shape index (κ1) is 19.1. The van der Waals surface area contributed by atoms with Crippen molar-refractivity contribution in [3.05, 3.63) is 16.1 Å². The van der Waals surface area contributed by atoms with E-state index in [2.05, 4.69) is 15.6 Å². The lowest BCUT2D eigenvalue weighted by Gasteiger charge is -2.34. The van der Waals surface area contributed by atoms with Crippen LogP contribution < -0.4 is 10.6 Å². The highest BCUT2D eigenvalue weighted by Crippen LogP contribution is 2.19. The number of likely N-dealkylation sites (tertiary alicyclic amines) is 1. The fourth-order valence-electron chi connectivity index (χ4n) is 3.83. The average Bonchev–Trinajstić information content (AvgIpc) is 3.06. The normalized spacial score (nSPS) is 19.3. The second-order valence-corrected chi connectivity index (χ2v) is 8.41. The summed E-state index contributed by atoms with van der Waals surface area (Å²) < 4.78 is 0. The third-order valence-corrected chi connectivity index (χ3v) is 6.50. The Morgan fingerprint density at radius 2 is 1.81 bits per heavy atom. The highest BCUT2D eigenvalue weighted by molar-refractivity contribution is 7.09. The van der Waals surface area contributed by atoms with E-state index in [1.54, 1.807) is 11.3 Å². The quantitative estimate of drug-likeness (QED) is 0.827. The molecule has 1 aliphatic carbocycles. The third-order valence-electron chi connectivity index (χ3n) is 5.50. The van der Waals surface area contributed by atoms with E-state index < -0.39 is 0 Å². The smallest absolute Gasteiger partial charge is 0.317 e. The van der Waals surface area contributed by atoms with Crippen LogP contribution in [0.4, 0.5) is 4.79 Å². The molecule has 1 aliphatic heterocycles. The Balaban J connectivity index is 1.34. The summed E-state index contributed by atoms with van der Waals surface area (Å²) in [6, 6.07) is 0.606. The molecule has 7 heteroatoms. The van der Waals surface area contributed by atoms with Gasteiger partial charge in [-0.1, -0.05) is 19.3 Å². The summed E-state index contributed by atoms with van der Waals surface area (Å²) >= 11 is 1.61. The van der Waals surface area contributed by atoms with Crippen LogP contribution >= 0.6 is 11.3 Å². The van der Waals surface area contributed by atoms with E-state index in [0.717, 1.165) is 50.9 Å². The summed E-state index contributed by atoms with van der Waals surface area (Å²) in [4.78, 5) is 31.9. The van der Waals surface area contributed by atoms with Gasteiger partial charge in [0, 0.05) is 36.5 Å². The van der Waals surface area contributed by atoms with Crippen molar-refractivity contribution in [1.29, 1.82) is 0 Å². The van der Waals surface area contributed by atoms with Crippen LogP contribution in [0.15, 0.2) is 5.51 Å². The molecule has 1 saturated carbocycles. The highest BCUT2D eigenvalue weighted by Gasteiger charge is 2.25. The molecule has 1 aromatic heterocycles. The number of hydrogen-bond donors (Lipinski definition) is 2. The molecule has 0 spiro atoms. The molecular weight excluding hydrogens is 348 g/mol. The molecule has 0 bridgehead atoms. The minimum Gasteiger partial charge on any atom is -0.353 e. The molecule has 3 rings (SSSR count). The van der Waals surface area contributed by atoms with Crippen molar-refractivity contribution >= 4 is 23.3 Å². The van der Waals surface area contributed by atoms with Crippen LogP contribution in [-0.4, -0.2) is 47.0 Å². The predicted molar refractivity (Wildman–Crippen MR) is 103 cm³/mol. The molecule has 2 fully saturated rings. The van der Waals surface area contributed by atoms with Gasteiger partial charge in [0.05, 0.1) is 11.2 Å². The van der Waals surface area contributed by atoms with Crippen LogP contribution in [0.3, 0.4) is 0 Å². The van der Waals surface area contributed by atoms with E-state index in [9.17, 15) is 9.59 Å². The lowest BCUT2D eigenvalue weighted by atomic mass is 9.95. The third kappa shape index (κ3) is 5.43. The molecule has 2 heterocycles. The number of amides is 3. The van der Waals surface area contributed by atoms with Gasteiger partial charge in [0.1, 0.15) is 0 Å². The number of aromatic nitrogens is 1. The summed E-state index contributed by atoms with van der Waals surface area (Å²) in [5.74, 6) is 0.0999. The molecule has 6 nitrogen and oxygen atoms in total. The van der Waals surface area contributed by atoms with Gasteiger partial charge in [-0.25, -0.2) is 9.78 Å². The SMILES string of the molecule is Cc1ncsc1CCC(=O)NC1CCN(C(=O)NC2CCCCC2)CC1. The zero-order chi connectivity index (χ0) is 18.4. The Hall–Kier alpha value is -1.63. The molecule has 0 atom stereocenters. The summed E-state index contributed by atoms with van der Waals surface area (Å²) in [5, 5.41) is 6.31. The van der Waals surface area contributed by atoms with E-state index in [1.165, 1.54) is 24.1 Å². The first-order chi connectivity index (χ1) is 12.6. The van der Waals surface area contributed by atoms with Gasteiger partial charge in [0.25, 0.3) is 0 Å². The Bertz CT molecular complexity index is 604. The second-order valence-electron chi connectivity index (χ2n) is 7.47. The van der Waals surface area contributed by atoms with Crippen molar-refractivity contribution in [3.8, 4) is 0 Å². The molecule has 1 aromatic rings. The minimum absolute atomic E-state index is 0.0716. The molecule has 0 radical (unpaired) electrons. The molecular formula is C19H30N4O2S. The fourth-order valence-corrected chi connectivity index (χ4v) is 4.61. The predicted octanol–water partition coefficient (Wildman–Crippen LogP) is 3.01. The van der Waals surface area contributed by atoms with Crippen LogP contribution in [0, 0.1) is 6.92 Å². The van der Waals surface area contributed by atoms with Crippen molar-refractivity contribution in [2.45, 2.75) is 76.8 Å². The lowest BCUT2D eigenvalue weighted by molar-refractivity contribution is -0.122. The van der Waals surface area contributed by atoms with E-state index in [1.807, 2.05) is 17.3 Å². The van der Waals surface area contributed by atoms with Gasteiger partial charge in [0.2, 0.25) is 5.91 Å². The zero-order valence-electron chi connectivity index (χ0n) is 15.6. The summed E-state index contributed by atoms with van der Waals surface area (Å²) in [7, 11) is 0. The van der Waals surface area contributed by atoms with E-state index in [-0.39, 0.29) is 18.0 Å². The van der Waals surface area contributed by atoms with Gasteiger partial charge in [-0.2, -0.15) is 0 Å². The number of piperidine rings is 1. The fraction of sp³-hybridized carbons (Fsp3) is 0.737. The van der Waals surface area contributed by atoms with Gasteiger partial charge >= 0.3 is 6.03 Å². The number of carbonyl (C=O) groups is 2. The number of rotatable bonds is 5. The molecule has 26 heavy (non-hydrogen) atoms.